The molecule has 0 N–H and O–H groups in total. The Labute approximate surface area is 874 Å². The third kappa shape index (κ3) is 16.3. The van der Waals surface area contributed by atoms with Crippen molar-refractivity contribution in [3.63, 3.8) is 0 Å². The third-order valence-electron chi connectivity index (χ3n) is 28.4. The molecule has 30 aromatic rings. The lowest BCUT2D eigenvalue weighted by atomic mass is 9.99. The zero-order valence-corrected chi connectivity index (χ0v) is 83.0. The Kier molecular flexibility index (Phi) is 22.2. The molecule has 0 aliphatic rings. The Bertz CT molecular complexity index is 10300. The number of nitrogens with zero attached hydrogens (tertiary/aromatic N) is 12. The minimum atomic E-state index is 0.629. The van der Waals surface area contributed by atoms with Crippen molar-refractivity contribution in [2.45, 2.75) is 0 Å². The highest BCUT2D eigenvalue weighted by molar-refractivity contribution is 7.26. The number of thiophene rings is 3. The second-order valence-electron chi connectivity index (χ2n) is 37.4. The Morgan fingerprint density at radius 1 is 0.113 bits per heavy atom. The molecule has 0 bridgehead atoms. The third-order valence-corrected chi connectivity index (χ3v) is 31.8. The van der Waals surface area contributed by atoms with E-state index in [1.165, 1.54) is 121 Å². The number of hydrogen-bond donors (Lipinski definition) is 0. The number of hydrogen-bond acceptors (Lipinski definition) is 12. The van der Waals surface area contributed by atoms with Crippen molar-refractivity contribution < 1.29 is 0 Å². The van der Waals surface area contributed by atoms with Crippen molar-refractivity contribution in [2.75, 3.05) is 0 Å². The molecule has 30 rings (SSSR count). The molecule has 150 heavy (non-hydrogen) atoms. The maximum atomic E-state index is 5.18. The maximum Gasteiger partial charge on any atom is 0.164 e. The van der Waals surface area contributed by atoms with Crippen LogP contribution in [0.1, 0.15) is 0 Å². The standard InChI is InChI=1S/C51H32N4S.C45H28N4S.C39H24N4S/c1-2-11-33(12-3-1)34-21-23-35(24-22-34)36-25-27-37(28-26-36)49-52-50(54-51(53-49)39-29-30-44-43-17-6-9-20-47(43)56-48(44)32-39)38-13-10-14-40(31-38)55-45-18-7-4-15-41(45)42-16-5-8-19-46(42)55;1-2-11-29(12-3-1)30-21-23-31(24-22-30)43-46-44(48-45(47-43)33-25-26-38-37-17-6-9-20-41(37)50-42(38)28-33)32-13-10-14-34(27-32)49-39-18-7-4-15-35(39)36-16-5-8-19-40(36)49;1-2-11-25(12-3-1)37-40-38(42-39(41-37)27-21-22-32-31-17-6-9-20-35(31)44-36(32)24-27)26-13-10-14-28(23-26)43-33-18-7-4-15-29(33)30-16-5-8-19-34(30)43/h1-32H;1-28H;1-24H. The van der Waals surface area contributed by atoms with E-state index in [-0.39, 0.29) is 0 Å². The van der Waals surface area contributed by atoms with E-state index >= 15 is 0 Å². The number of aromatic nitrogens is 12. The average Bonchev–Trinajstić information content (AvgIpc) is 1.64. The predicted molar refractivity (Wildman–Crippen MR) is 626 cm³/mol. The number of fused-ring (bicyclic) bond motifs is 18. The first kappa shape index (κ1) is 88.4. The molecule has 0 aliphatic carbocycles. The largest absolute Gasteiger partial charge is 0.309 e. The van der Waals surface area contributed by atoms with Crippen LogP contribution in [-0.4, -0.2) is 58.6 Å². The van der Waals surface area contributed by atoms with E-state index in [0.29, 0.717) is 52.4 Å². The van der Waals surface area contributed by atoms with E-state index in [9.17, 15) is 0 Å². The zero-order valence-electron chi connectivity index (χ0n) is 80.6. The lowest BCUT2D eigenvalue weighted by Crippen LogP contribution is -2.01. The van der Waals surface area contributed by atoms with Crippen molar-refractivity contribution in [1.82, 2.24) is 58.6 Å². The second kappa shape index (κ2) is 37.7. The van der Waals surface area contributed by atoms with Gasteiger partial charge >= 0.3 is 0 Å². The Balaban J connectivity index is 0.000000109. The van der Waals surface area contributed by atoms with Crippen LogP contribution < -0.4 is 0 Å². The topological polar surface area (TPSA) is 131 Å². The first-order valence-corrected chi connectivity index (χ1v) is 52.5. The van der Waals surface area contributed by atoms with Gasteiger partial charge in [0.15, 0.2) is 52.4 Å². The highest BCUT2D eigenvalue weighted by atomic mass is 32.1. The second-order valence-corrected chi connectivity index (χ2v) is 40.7. The van der Waals surface area contributed by atoms with Crippen LogP contribution in [-0.2, 0) is 0 Å². The van der Waals surface area contributed by atoms with Crippen molar-refractivity contribution in [3.05, 3.63) is 510 Å². The molecule has 0 radical (unpaired) electrons. The SMILES string of the molecule is c1ccc(-c2ccc(-c3ccc(-c4nc(-c5cccc(-n6c7ccccc7c7ccccc76)c5)nc(-c5ccc6c(c5)sc5ccccc56)n4)cc3)cc2)cc1.c1ccc(-c2ccc(-c3nc(-c4cccc(-n5c6ccccc6c6ccccc65)c4)nc(-c4ccc5c(c4)sc4ccccc45)n3)cc2)cc1.c1ccc(-c2nc(-c3cccc(-n4c5ccccc5c5ccccc54)c3)nc(-c3ccc4c(c3)sc3ccccc34)n2)cc1. The molecule has 0 saturated carbocycles. The first-order chi connectivity index (χ1) is 74.3. The molecule has 9 aromatic heterocycles. The molecule has 21 aromatic carbocycles. The first-order valence-electron chi connectivity index (χ1n) is 50.1. The van der Waals surface area contributed by atoms with E-state index in [2.05, 4.69) is 481 Å². The lowest BCUT2D eigenvalue weighted by Gasteiger charge is -2.12. The van der Waals surface area contributed by atoms with Crippen LogP contribution in [0.2, 0.25) is 0 Å². The van der Waals surface area contributed by atoms with E-state index in [1.807, 2.05) is 42.5 Å². The van der Waals surface area contributed by atoms with Gasteiger partial charge in [-0.2, -0.15) is 0 Å². The van der Waals surface area contributed by atoms with Crippen LogP contribution in [0.3, 0.4) is 0 Å². The van der Waals surface area contributed by atoms with Gasteiger partial charge in [-0.1, -0.05) is 400 Å². The minimum Gasteiger partial charge on any atom is -0.309 e. The molecule has 702 valence electrons. The lowest BCUT2D eigenvalue weighted by molar-refractivity contribution is 1.07. The Morgan fingerprint density at radius 3 is 0.533 bits per heavy atom. The van der Waals surface area contributed by atoms with Gasteiger partial charge in [-0.3, -0.25) is 0 Å². The zero-order chi connectivity index (χ0) is 99.1. The highest BCUT2D eigenvalue weighted by Crippen LogP contribution is 2.45. The normalized spacial score (nSPS) is 11.6. The molecular formula is C135H84N12S3. The summed E-state index contributed by atoms with van der Waals surface area (Å²) in [6, 6.07) is 179. The molecule has 0 fully saturated rings. The maximum absolute atomic E-state index is 5.18. The summed E-state index contributed by atoms with van der Waals surface area (Å²) in [6.07, 6.45) is 0. The Morgan fingerprint density at radius 2 is 0.280 bits per heavy atom. The van der Waals surface area contributed by atoms with Crippen molar-refractivity contribution in [3.8, 4) is 153 Å². The smallest absolute Gasteiger partial charge is 0.164 e. The molecule has 0 atom stereocenters. The predicted octanol–water partition coefficient (Wildman–Crippen LogP) is 36.0. The fourth-order valence-corrected chi connectivity index (χ4v) is 24.6. The summed E-state index contributed by atoms with van der Waals surface area (Å²) < 4.78 is 14.5. The van der Waals surface area contributed by atoms with Crippen molar-refractivity contribution >= 4 is 160 Å². The summed E-state index contributed by atoms with van der Waals surface area (Å²) in [6.45, 7) is 0. The van der Waals surface area contributed by atoms with Crippen molar-refractivity contribution in [2.24, 2.45) is 0 Å². The molecule has 15 heteroatoms. The van der Waals surface area contributed by atoms with Crippen LogP contribution in [0, 0.1) is 0 Å². The van der Waals surface area contributed by atoms with E-state index in [1.54, 1.807) is 34.0 Å². The van der Waals surface area contributed by atoms with Crippen LogP contribution in [0.25, 0.3) is 279 Å². The molecular weight excluding hydrogens is 1890 g/mol. The van der Waals surface area contributed by atoms with Crippen LogP contribution >= 0.6 is 34.0 Å². The molecule has 9 heterocycles. The number of benzene rings is 21. The fraction of sp³-hybridized carbons (Fsp3) is 0. The monoisotopic (exact) mass is 1970 g/mol. The van der Waals surface area contributed by atoms with Gasteiger partial charge in [0.05, 0.1) is 33.1 Å². The van der Waals surface area contributed by atoms with Gasteiger partial charge in [0.2, 0.25) is 0 Å². The fourth-order valence-electron chi connectivity index (χ4n) is 21.2. The molecule has 12 nitrogen and oxygen atoms in total. The van der Waals surface area contributed by atoms with Gasteiger partial charge in [-0.25, -0.2) is 44.9 Å². The summed E-state index contributed by atoms with van der Waals surface area (Å²) in [7, 11) is 0. The van der Waals surface area contributed by atoms with Crippen LogP contribution in [0.5, 0.6) is 0 Å². The van der Waals surface area contributed by atoms with Gasteiger partial charge in [-0.05, 0) is 143 Å². The Hall–Kier alpha value is -19.3. The van der Waals surface area contributed by atoms with Gasteiger partial charge in [-0.15, -0.1) is 34.0 Å². The van der Waals surface area contributed by atoms with Crippen LogP contribution in [0.4, 0.5) is 0 Å². The number of rotatable bonds is 15. The molecule has 0 amide bonds. The average molecular weight is 1970 g/mol. The molecule has 0 unspecified atom stereocenters. The van der Waals surface area contributed by atoms with Crippen LogP contribution in [0.15, 0.2) is 510 Å². The van der Waals surface area contributed by atoms with Gasteiger partial charge < -0.3 is 13.7 Å². The summed E-state index contributed by atoms with van der Waals surface area (Å²) >= 11 is 5.40. The summed E-state index contributed by atoms with van der Waals surface area (Å²) in [5.74, 6) is 5.80. The summed E-state index contributed by atoms with van der Waals surface area (Å²) in [4.78, 5) is 45.9. The molecule has 0 spiro atoms. The van der Waals surface area contributed by atoms with Gasteiger partial charge in [0.25, 0.3) is 0 Å². The van der Waals surface area contributed by atoms with E-state index < -0.39 is 0 Å². The molecule has 0 saturated heterocycles. The van der Waals surface area contributed by atoms with Gasteiger partial charge in [0, 0.05) is 160 Å². The van der Waals surface area contributed by atoms with Gasteiger partial charge in [0.1, 0.15) is 0 Å². The summed E-state index contributed by atoms with van der Waals surface area (Å²) in [5, 5.41) is 15.0. The summed E-state index contributed by atoms with van der Waals surface area (Å²) in [5.41, 5.74) is 25.7. The highest BCUT2D eigenvalue weighted by Gasteiger charge is 2.24. The quantitative estimate of drug-likeness (QED) is 0.0984. The molecule has 0 aliphatic heterocycles. The van der Waals surface area contributed by atoms with Crippen molar-refractivity contribution in [1.29, 1.82) is 0 Å². The van der Waals surface area contributed by atoms with E-state index in [4.69, 9.17) is 44.9 Å². The minimum absolute atomic E-state index is 0.629. The van der Waals surface area contributed by atoms with E-state index in [0.717, 1.165) is 106 Å². The number of para-hydroxylation sites is 6.